The summed E-state index contributed by atoms with van der Waals surface area (Å²) in [6.07, 6.45) is 3.75. The van der Waals surface area contributed by atoms with E-state index in [1.54, 1.807) is 0 Å². The minimum Gasteiger partial charge on any atom is -0.327 e. The molecule has 0 aromatic heterocycles. The molecule has 12 heavy (non-hydrogen) atoms. The molecule has 0 atom stereocenters. The Morgan fingerprint density at radius 3 is 2.83 bits per heavy atom. The van der Waals surface area contributed by atoms with E-state index in [-0.39, 0.29) is 11.7 Å². The summed E-state index contributed by atoms with van der Waals surface area (Å²) in [5.74, 6) is -0.577. The van der Waals surface area contributed by atoms with Crippen molar-refractivity contribution in [3.63, 3.8) is 0 Å². The monoisotopic (exact) mass is 168 g/mol. The Bertz CT molecular complexity index is 266. The number of hydrogen-bond donors (Lipinski definition) is 1. The second-order valence-corrected chi connectivity index (χ2v) is 2.80. The van der Waals surface area contributed by atoms with Gasteiger partial charge < -0.3 is 5.32 Å². The van der Waals surface area contributed by atoms with E-state index in [9.17, 15) is 9.18 Å². The number of allylic oxidation sites excluding steroid dienone is 4. The molecular formula is C9H11FNO. The van der Waals surface area contributed by atoms with Crippen molar-refractivity contribution in [1.82, 2.24) is 5.32 Å². The molecule has 0 saturated carbocycles. The third kappa shape index (κ3) is 2.19. The van der Waals surface area contributed by atoms with Gasteiger partial charge in [0.25, 0.3) is 0 Å². The number of carbonyl (C=O) groups is 1. The molecule has 0 aromatic carbocycles. The molecule has 0 bridgehead atoms. The molecule has 0 unspecified atom stereocenters. The maximum absolute atomic E-state index is 13.0. The van der Waals surface area contributed by atoms with Crippen LogP contribution < -0.4 is 5.32 Å². The van der Waals surface area contributed by atoms with E-state index in [4.69, 9.17) is 0 Å². The predicted molar refractivity (Wildman–Crippen MR) is 44.6 cm³/mol. The van der Waals surface area contributed by atoms with E-state index in [0.29, 0.717) is 12.1 Å². The fraction of sp³-hybridized carbons (Fsp3) is 0.333. The lowest BCUT2D eigenvalue weighted by molar-refractivity contribution is -0.118. The zero-order valence-electron chi connectivity index (χ0n) is 7.15. The number of nitrogens with one attached hydrogen (secondary N) is 1. The van der Waals surface area contributed by atoms with Crippen molar-refractivity contribution in [1.29, 1.82) is 0 Å². The largest absolute Gasteiger partial charge is 0.327 e. The molecule has 1 radical (unpaired) electrons. The van der Waals surface area contributed by atoms with Crippen molar-refractivity contribution >= 4 is 5.91 Å². The lowest BCUT2D eigenvalue weighted by Crippen LogP contribution is -2.21. The molecule has 1 rings (SSSR count). The SMILES string of the molecule is CC(=O)NC1=C(F)C=C(C)[CH]C1. The van der Waals surface area contributed by atoms with Crippen LogP contribution in [0, 0.1) is 6.42 Å². The number of amides is 1. The number of halogens is 1. The second kappa shape index (κ2) is 3.52. The van der Waals surface area contributed by atoms with Gasteiger partial charge >= 0.3 is 0 Å². The van der Waals surface area contributed by atoms with Crippen LogP contribution in [0.4, 0.5) is 4.39 Å². The Kier molecular flexibility index (Phi) is 2.63. The van der Waals surface area contributed by atoms with Gasteiger partial charge in [0.1, 0.15) is 5.83 Å². The van der Waals surface area contributed by atoms with Gasteiger partial charge in [0.2, 0.25) is 5.91 Å². The van der Waals surface area contributed by atoms with Crippen LogP contribution in [0.1, 0.15) is 20.3 Å². The van der Waals surface area contributed by atoms with Crippen molar-refractivity contribution in [2.24, 2.45) is 0 Å². The highest BCUT2D eigenvalue weighted by Crippen LogP contribution is 2.21. The molecule has 0 aromatic rings. The van der Waals surface area contributed by atoms with Gasteiger partial charge in [0.15, 0.2) is 0 Å². The third-order valence-electron chi connectivity index (χ3n) is 1.60. The maximum Gasteiger partial charge on any atom is 0.221 e. The molecule has 1 aliphatic carbocycles. The Hall–Kier alpha value is -1.12. The quantitative estimate of drug-likeness (QED) is 0.636. The summed E-state index contributed by atoms with van der Waals surface area (Å²) in [6.45, 7) is 3.19. The molecule has 0 fully saturated rings. The molecule has 1 aliphatic rings. The lowest BCUT2D eigenvalue weighted by atomic mass is 10.0. The molecule has 1 amide bonds. The highest BCUT2D eigenvalue weighted by molar-refractivity contribution is 5.75. The van der Waals surface area contributed by atoms with Gasteiger partial charge in [-0.05, 0) is 25.8 Å². The number of rotatable bonds is 1. The van der Waals surface area contributed by atoms with Gasteiger partial charge in [0.05, 0.1) is 5.70 Å². The lowest BCUT2D eigenvalue weighted by Gasteiger charge is -2.13. The van der Waals surface area contributed by atoms with Crippen molar-refractivity contribution < 1.29 is 9.18 Å². The van der Waals surface area contributed by atoms with Crippen LogP contribution in [0.5, 0.6) is 0 Å². The van der Waals surface area contributed by atoms with Crippen molar-refractivity contribution in [2.45, 2.75) is 20.3 Å². The van der Waals surface area contributed by atoms with Crippen LogP contribution in [-0.4, -0.2) is 5.91 Å². The molecular weight excluding hydrogens is 157 g/mol. The fourth-order valence-corrected chi connectivity index (χ4v) is 1.03. The Morgan fingerprint density at radius 1 is 1.67 bits per heavy atom. The summed E-state index contributed by atoms with van der Waals surface area (Å²) >= 11 is 0. The van der Waals surface area contributed by atoms with Crippen molar-refractivity contribution in [3.05, 3.63) is 29.6 Å². The Morgan fingerprint density at radius 2 is 2.33 bits per heavy atom. The summed E-state index contributed by atoms with van der Waals surface area (Å²) in [4.78, 5) is 10.6. The zero-order valence-corrected chi connectivity index (χ0v) is 7.15. The summed E-state index contributed by atoms with van der Waals surface area (Å²) in [5, 5.41) is 2.44. The first-order chi connectivity index (χ1) is 5.59. The van der Waals surface area contributed by atoms with Crippen LogP contribution >= 0.6 is 0 Å². The van der Waals surface area contributed by atoms with Crippen molar-refractivity contribution in [3.8, 4) is 0 Å². The van der Waals surface area contributed by atoms with Crippen molar-refractivity contribution in [2.75, 3.05) is 0 Å². The van der Waals surface area contributed by atoms with Gasteiger partial charge in [-0.3, -0.25) is 4.79 Å². The maximum atomic E-state index is 13.0. The Labute approximate surface area is 71.2 Å². The van der Waals surface area contributed by atoms with Gasteiger partial charge in [-0.1, -0.05) is 5.57 Å². The number of hydrogen-bond acceptors (Lipinski definition) is 1. The molecule has 65 valence electrons. The molecule has 2 nitrogen and oxygen atoms in total. The molecule has 0 saturated heterocycles. The van der Waals surface area contributed by atoms with E-state index < -0.39 is 0 Å². The first kappa shape index (κ1) is 8.97. The molecule has 0 spiro atoms. The standard InChI is InChI=1S/C9H11FNO/c1-6-3-4-9(8(10)5-6)11-7(2)12/h3,5H,4H2,1-2H3,(H,11,12). The fourth-order valence-electron chi connectivity index (χ4n) is 1.03. The topological polar surface area (TPSA) is 29.1 Å². The highest BCUT2D eigenvalue weighted by atomic mass is 19.1. The van der Waals surface area contributed by atoms with Crippen LogP contribution in [0.15, 0.2) is 23.2 Å². The van der Waals surface area contributed by atoms with E-state index in [1.165, 1.54) is 13.0 Å². The van der Waals surface area contributed by atoms with Crippen LogP contribution in [-0.2, 0) is 4.79 Å². The first-order valence-corrected chi connectivity index (χ1v) is 3.77. The first-order valence-electron chi connectivity index (χ1n) is 3.77. The summed E-state index contributed by atoms with van der Waals surface area (Å²) in [6, 6.07) is 0. The smallest absolute Gasteiger partial charge is 0.221 e. The molecule has 0 aliphatic heterocycles. The van der Waals surface area contributed by atoms with E-state index >= 15 is 0 Å². The van der Waals surface area contributed by atoms with E-state index in [0.717, 1.165) is 5.57 Å². The van der Waals surface area contributed by atoms with Crippen LogP contribution in [0.3, 0.4) is 0 Å². The second-order valence-electron chi connectivity index (χ2n) is 2.80. The average Bonchev–Trinajstić information content (AvgIpc) is 1.94. The van der Waals surface area contributed by atoms with Crippen LogP contribution in [0.2, 0.25) is 0 Å². The average molecular weight is 168 g/mol. The normalized spacial score (nSPS) is 17.4. The van der Waals surface area contributed by atoms with E-state index in [2.05, 4.69) is 5.32 Å². The molecule has 3 heteroatoms. The summed E-state index contributed by atoms with van der Waals surface area (Å²) in [5.41, 5.74) is 1.25. The summed E-state index contributed by atoms with van der Waals surface area (Å²) < 4.78 is 13.0. The van der Waals surface area contributed by atoms with Gasteiger partial charge in [-0.25, -0.2) is 4.39 Å². The summed E-state index contributed by atoms with van der Waals surface area (Å²) in [7, 11) is 0. The molecule has 0 heterocycles. The third-order valence-corrected chi connectivity index (χ3v) is 1.60. The van der Waals surface area contributed by atoms with Gasteiger partial charge in [0, 0.05) is 6.92 Å². The van der Waals surface area contributed by atoms with Crippen LogP contribution in [0.25, 0.3) is 0 Å². The van der Waals surface area contributed by atoms with E-state index in [1.807, 2.05) is 13.3 Å². The highest BCUT2D eigenvalue weighted by Gasteiger charge is 2.11. The zero-order chi connectivity index (χ0) is 9.14. The Balaban J connectivity index is 2.76. The number of carbonyl (C=O) groups excluding carboxylic acids is 1. The molecule has 1 N–H and O–H groups in total. The predicted octanol–water partition coefficient (Wildman–Crippen LogP) is 1.86. The van der Waals surface area contributed by atoms with Gasteiger partial charge in [-0.15, -0.1) is 0 Å². The minimum absolute atomic E-state index is 0.235. The minimum atomic E-state index is -0.342. The van der Waals surface area contributed by atoms with Gasteiger partial charge in [-0.2, -0.15) is 0 Å².